The summed E-state index contributed by atoms with van der Waals surface area (Å²) in [6.45, 7) is 27.2. The summed E-state index contributed by atoms with van der Waals surface area (Å²) in [6.07, 6.45) is 0.210. The molecule has 22 nitrogen and oxygen atoms in total. The number of aliphatic imine (C=N–C) groups is 3. The first kappa shape index (κ1) is 79.5. The van der Waals surface area contributed by atoms with Crippen LogP contribution in [0.1, 0.15) is 177 Å². The molecule has 0 aliphatic carbocycles. The third-order valence-electron chi connectivity index (χ3n) is 20.8. The van der Waals surface area contributed by atoms with E-state index in [1.54, 1.807) is 11.5 Å². The Kier molecular flexibility index (Phi) is 26.9. The van der Waals surface area contributed by atoms with Crippen molar-refractivity contribution in [3.63, 3.8) is 0 Å². The maximum Gasteiger partial charge on any atom is 2.00 e. The number of phosphoric acid groups is 1. The predicted molar refractivity (Wildman–Crippen MR) is 334 cm³/mol. The van der Waals surface area contributed by atoms with E-state index >= 15 is 0 Å². The minimum absolute atomic E-state index is 0. The molecular weight excluding hydrogens is 1460 g/mol. The van der Waals surface area contributed by atoms with Gasteiger partial charge in [0.25, 0.3) is 7.82 Å². The van der Waals surface area contributed by atoms with Gasteiger partial charge in [0.2, 0.25) is 17.7 Å². The molecule has 2 aromatic rings. The summed E-state index contributed by atoms with van der Waals surface area (Å²) in [7, 11) is -5.17. The van der Waals surface area contributed by atoms with Crippen molar-refractivity contribution >= 4 is 65.5 Å². The van der Waals surface area contributed by atoms with Crippen molar-refractivity contribution in [2.75, 3.05) is 6.54 Å². The van der Waals surface area contributed by atoms with E-state index in [4.69, 9.17) is 57.0 Å². The first-order chi connectivity index (χ1) is 40.1. The van der Waals surface area contributed by atoms with Gasteiger partial charge in [-0.3, -0.25) is 33.9 Å². The Morgan fingerprint density at radius 2 is 1.53 bits per heavy atom. The van der Waals surface area contributed by atoms with Crippen molar-refractivity contribution in [2.45, 2.75) is 216 Å². The van der Waals surface area contributed by atoms with Gasteiger partial charge < -0.3 is 78.9 Å². The molecule has 6 aliphatic heterocycles. The number of hydrogen-bond donors (Lipinski definition) is 4. The molecule has 0 spiro atoms. The van der Waals surface area contributed by atoms with Gasteiger partial charge in [0.1, 0.15) is 12.2 Å². The largest absolute Gasteiger partial charge is 2.00 e. The Balaban J connectivity index is 0.00000432. The van der Waals surface area contributed by atoms with Gasteiger partial charge in [0, 0.05) is 109 Å². The Morgan fingerprint density at radius 1 is 0.911 bits per heavy atom. The monoisotopic (exact) mass is 1550 g/mol. The number of aromatic nitrogens is 2. The molecule has 6 aliphatic rings. The van der Waals surface area contributed by atoms with Crippen LogP contribution in [0.25, 0.3) is 27.8 Å². The van der Waals surface area contributed by atoms with Crippen molar-refractivity contribution in [3.05, 3.63) is 88.1 Å². The summed E-state index contributed by atoms with van der Waals surface area (Å²) < 4.78 is 32.6. The van der Waals surface area contributed by atoms with E-state index in [0.29, 0.717) is 46.6 Å². The summed E-state index contributed by atoms with van der Waals surface area (Å²) >= 11 is 0. The molecule has 8 N–H and O–H groups in total. The molecule has 1 aromatic heterocycles. The van der Waals surface area contributed by atoms with Crippen molar-refractivity contribution in [2.24, 2.45) is 71.8 Å². The molecule has 7 heterocycles. The van der Waals surface area contributed by atoms with Crippen molar-refractivity contribution in [3.8, 4) is 0 Å². The molecule has 90 heavy (non-hydrogen) atoms. The standard InChI is InChI=1S/C63H94N11O11P.CH3.Co.Rb.Re/c1-15-18-37-41-28-45-59(9,10)38(19-21-46(64)75)51(71-45)35(7)56-61(12,24-23-50(79)68-30-34(6)84-86(81,82)85-54-44(16-2)83-58(53(54)80)74-31-69-42-25-32(4)33(5)26-43(42)74)40(27-48(66)77)57(72-56)63(14)62(13,29-49(67)78)39(20-22-47(65)76)52(73-63)36(8)55(70-41)60(37,11)17-3;;;;/h25-26,28,31,34,37-40,44,53-54,57-58,80H,15-24,27,29-30H2,1-14H3,(H11,64,65,66,67,68,70,71,72,73,75,76,77,78,79,81,82);1H3;;;/q;-1;+2;+1;/p-4/t34-,37-,38-,39-,40+,44-,53?,54?,57-,58?,60+,61-,62+,63+;;;;/m1..../s1. The number of aliphatic hydroxyl groups is 1. The van der Waals surface area contributed by atoms with Gasteiger partial charge in [-0.1, -0.05) is 67.9 Å². The molecule has 1 aromatic carbocycles. The molecule has 5 amide bonds. The maximum absolute atomic E-state index is 14.3. The third kappa shape index (κ3) is 15.0. The number of aliphatic hydroxyl groups excluding tert-OH is 1. The van der Waals surface area contributed by atoms with Gasteiger partial charge >= 0.3 is 75.0 Å². The quantitative estimate of drug-likeness (QED) is 0.0588. The number of amides is 5. The number of aryl methyl sites for hydroxylation is 2. The average molecular weight is 1550 g/mol. The molecule has 26 heteroatoms. The Morgan fingerprint density at radius 3 is 2.11 bits per heavy atom. The minimum atomic E-state index is -5.17. The van der Waals surface area contributed by atoms with E-state index in [-0.39, 0.29) is 167 Å². The van der Waals surface area contributed by atoms with E-state index < -0.39 is 119 Å². The maximum atomic E-state index is 14.3. The number of imidazole rings is 1. The molecule has 4 unspecified atom stereocenters. The van der Waals surface area contributed by atoms with Crippen LogP contribution in [0.2, 0.25) is 0 Å². The molecular formula is C64H93CoN11O11PRbRe-2. The topological polar surface area (TPSA) is 354 Å². The fraction of sp³-hybridized carbons (Fsp3) is 0.656. The molecule has 0 saturated carbocycles. The summed E-state index contributed by atoms with van der Waals surface area (Å²) in [5.41, 5.74) is 32.6. The summed E-state index contributed by atoms with van der Waals surface area (Å²) in [5, 5.41) is 19.9. The first-order valence-corrected chi connectivity index (χ1v) is 32.0. The number of carbonyl (C=O) groups is 5. The number of nitrogens with one attached hydrogen (secondary N) is 3. The van der Waals surface area contributed by atoms with Crippen LogP contribution in [0.5, 0.6) is 0 Å². The number of allylic oxidation sites excluding steroid dienone is 6. The number of rotatable bonds is 24. The number of primary amides is 2. The molecule has 494 valence electrons. The second kappa shape index (κ2) is 30.4. The van der Waals surface area contributed by atoms with Gasteiger partial charge in [-0.25, -0.2) is 4.98 Å². The molecule has 2 radical (unpaired) electrons. The smallest absolute Gasteiger partial charge is 0.756 e. The number of nitrogens with two attached hydrogens (primary N) is 2. The molecule has 8 rings (SSSR count). The van der Waals surface area contributed by atoms with E-state index in [9.17, 15) is 38.5 Å². The van der Waals surface area contributed by atoms with Crippen molar-refractivity contribution in [1.29, 1.82) is 0 Å². The van der Waals surface area contributed by atoms with Gasteiger partial charge in [-0.05, 0) is 139 Å². The van der Waals surface area contributed by atoms with Crippen LogP contribution in [0.3, 0.4) is 0 Å². The van der Waals surface area contributed by atoms with Crippen LogP contribution in [0, 0.1) is 66.6 Å². The van der Waals surface area contributed by atoms with Crippen LogP contribution >= 0.6 is 7.82 Å². The minimum Gasteiger partial charge on any atom is -0.756 e. The molecule has 8 bridgehead atoms. The van der Waals surface area contributed by atoms with Crippen LogP contribution in [0.15, 0.2) is 67.8 Å². The number of fused-ring (bicyclic) bond motifs is 7. The SMILES string of the molecule is CCC[C@@H]1C2=NC(=C(/C)C3=N[C@@](C)([C@@H]4N=C(/C(C)=C5\[N-]/C(=C\2)C(C)(C)[C@@H]5CCC([NH-])=O)[C@](C)(CCC(=O)NC[C@@H](C)OP(=O)([O-])OC2C(O)C(n5cnc6cc(C)c(C)cc65)O[C@@H]2CC)[C@H]4CC(N)=O)[C@@](C)(CC(N)=O)[C@@H]3CCC([NH-])=O)/[C@@]1(C)CC.[CH3-].[Co+2].[Rb+].[Re]. The van der Waals surface area contributed by atoms with Crippen LogP contribution in [-0.4, -0.2) is 104 Å². The zero-order valence-electron chi connectivity index (χ0n) is 55.3. The van der Waals surface area contributed by atoms with Crippen molar-refractivity contribution < 1.29 is 148 Å². The molecule has 2 fully saturated rings. The summed E-state index contributed by atoms with van der Waals surface area (Å²) in [6, 6.07) is 2.92. The van der Waals surface area contributed by atoms with E-state index in [2.05, 4.69) is 51.0 Å². The molecule has 15 atom stereocenters. The van der Waals surface area contributed by atoms with Gasteiger partial charge in [-0.2, -0.15) is 11.4 Å². The number of benzene rings is 1. The van der Waals surface area contributed by atoms with E-state index in [1.807, 2.05) is 60.6 Å². The third-order valence-corrected chi connectivity index (χ3v) is 21.9. The van der Waals surface area contributed by atoms with Gasteiger partial charge in [0.15, 0.2) is 6.23 Å². The average Bonchev–Trinajstić information content (AvgIpc) is 1.53. The Hall–Kier alpha value is -2.93. The second-order valence-electron chi connectivity index (χ2n) is 26.6. The second-order valence-corrected chi connectivity index (χ2v) is 27.9. The van der Waals surface area contributed by atoms with E-state index in [1.165, 1.54) is 13.3 Å². The Bertz CT molecular complexity index is 3330. The van der Waals surface area contributed by atoms with Crippen LogP contribution in [0.4, 0.5) is 0 Å². The predicted octanol–water partition coefficient (Wildman–Crippen LogP) is 7.44. The fourth-order valence-corrected chi connectivity index (χ4v) is 16.5. The number of carbonyl (C=O) groups excluding carboxylic acids is 5. The van der Waals surface area contributed by atoms with Crippen LogP contribution in [-0.2, 0) is 79.5 Å². The fourth-order valence-electron chi connectivity index (χ4n) is 15.3. The van der Waals surface area contributed by atoms with E-state index in [0.717, 1.165) is 46.6 Å². The summed E-state index contributed by atoms with van der Waals surface area (Å²) in [5.74, 6) is -5.18. The Labute approximate surface area is 604 Å². The number of ether oxygens (including phenoxy) is 1. The molecule has 2 saturated heterocycles. The van der Waals surface area contributed by atoms with Crippen LogP contribution < -0.4 is 79.9 Å². The summed E-state index contributed by atoms with van der Waals surface area (Å²) in [4.78, 5) is 102. The number of nitrogens with zero attached hydrogens (tertiary/aromatic N) is 6. The number of phosphoric ester groups is 1. The van der Waals surface area contributed by atoms with Gasteiger partial charge in [-0.15, -0.1) is 0 Å². The van der Waals surface area contributed by atoms with Crippen molar-refractivity contribution in [1.82, 2.24) is 14.9 Å². The van der Waals surface area contributed by atoms with Gasteiger partial charge in [0.05, 0.1) is 46.8 Å². The normalized spacial score (nSPS) is 33.8. The number of hydrogen-bond acceptors (Lipinski definition) is 15. The zero-order chi connectivity index (χ0) is 63.6. The zero-order valence-corrected chi connectivity index (χ0v) is 64.9. The first-order valence-electron chi connectivity index (χ1n) is 30.5.